The van der Waals surface area contributed by atoms with Gasteiger partial charge in [0, 0.05) is 19.3 Å². The Balaban J connectivity index is 1.82. The zero-order chi connectivity index (χ0) is 13.0. The summed E-state index contributed by atoms with van der Waals surface area (Å²) in [6.07, 6.45) is 4.08. The minimum atomic E-state index is 0.268. The number of aryl methyl sites for hydroxylation is 1. The summed E-state index contributed by atoms with van der Waals surface area (Å²) in [4.78, 5) is 4.20. The third kappa shape index (κ3) is 3.80. The van der Waals surface area contributed by atoms with Crippen LogP contribution < -0.4 is 10.6 Å². The van der Waals surface area contributed by atoms with Gasteiger partial charge in [-0.25, -0.2) is 4.98 Å². The van der Waals surface area contributed by atoms with Crippen molar-refractivity contribution < 1.29 is 4.74 Å². The molecule has 2 N–H and O–H groups in total. The van der Waals surface area contributed by atoms with Gasteiger partial charge in [0.15, 0.2) is 5.11 Å². The molecule has 1 aromatic rings. The topological polar surface area (TPSA) is 46.2 Å². The first-order valence-electron chi connectivity index (χ1n) is 5.94. The van der Waals surface area contributed by atoms with Crippen LogP contribution in [0, 0.1) is 6.92 Å². The van der Waals surface area contributed by atoms with Crippen LogP contribution in [0.4, 0.5) is 5.82 Å². The van der Waals surface area contributed by atoms with Crippen LogP contribution >= 0.6 is 23.8 Å². The zero-order valence-electron chi connectivity index (χ0n) is 10.2. The van der Waals surface area contributed by atoms with E-state index in [1.807, 2.05) is 13.0 Å². The molecule has 1 fully saturated rings. The number of pyridine rings is 1. The second-order valence-corrected chi connectivity index (χ2v) is 5.13. The Hall–Kier alpha value is -0.910. The predicted octanol–water partition coefficient (Wildman–Crippen LogP) is 2.51. The number of hydrogen-bond donors (Lipinski definition) is 2. The van der Waals surface area contributed by atoms with Crippen molar-refractivity contribution in [3.05, 3.63) is 22.8 Å². The lowest BCUT2D eigenvalue weighted by Crippen LogP contribution is -2.35. The average Bonchev–Trinajstić information content (AvgIpc) is 2.83. The van der Waals surface area contributed by atoms with Crippen molar-refractivity contribution in [3.63, 3.8) is 0 Å². The second-order valence-electron chi connectivity index (χ2n) is 4.29. The molecule has 2 rings (SSSR count). The zero-order valence-corrected chi connectivity index (χ0v) is 11.8. The maximum Gasteiger partial charge on any atom is 0.172 e. The van der Waals surface area contributed by atoms with Crippen LogP contribution in [-0.4, -0.2) is 29.4 Å². The molecule has 0 spiro atoms. The van der Waals surface area contributed by atoms with Crippen molar-refractivity contribution in [3.8, 4) is 0 Å². The molecule has 1 atom stereocenters. The smallest absolute Gasteiger partial charge is 0.172 e. The fourth-order valence-electron chi connectivity index (χ4n) is 1.83. The van der Waals surface area contributed by atoms with E-state index in [0.717, 1.165) is 37.4 Å². The van der Waals surface area contributed by atoms with Gasteiger partial charge in [-0.05, 0) is 43.6 Å². The Morgan fingerprint density at radius 3 is 3.17 bits per heavy atom. The van der Waals surface area contributed by atoms with Crippen molar-refractivity contribution in [1.29, 1.82) is 0 Å². The molecular weight excluding hydrogens is 270 g/mol. The summed E-state index contributed by atoms with van der Waals surface area (Å²) in [5, 5.41) is 7.37. The van der Waals surface area contributed by atoms with Gasteiger partial charge >= 0.3 is 0 Å². The van der Waals surface area contributed by atoms with Crippen LogP contribution in [0.2, 0.25) is 5.02 Å². The first kappa shape index (κ1) is 13.5. The summed E-state index contributed by atoms with van der Waals surface area (Å²) in [7, 11) is 0. The minimum Gasteiger partial charge on any atom is -0.376 e. The van der Waals surface area contributed by atoms with Gasteiger partial charge in [-0.2, -0.15) is 0 Å². The highest BCUT2D eigenvalue weighted by Crippen LogP contribution is 2.16. The fraction of sp³-hybridized carbons (Fsp3) is 0.500. The second kappa shape index (κ2) is 6.31. The molecule has 0 aliphatic carbocycles. The summed E-state index contributed by atoms with van der Waals surface area (Å²) in [5.41, 5.74) is 0.962. The highest BCUT2D eigenvalue weighted by Gasteiger charge is 2.15. The fourth-order valence-corrected chi connectivity index (χ4v) is 2.23. The maximum atomic E-state index is 5.85. The van der Waals surface area contributed by atoms with E-state index in [9.17, 15) is 0 Å². The molecule has 0 amide bonds. The predicted molar refractivity (Wildman–Crippen MR) is 77.2 cm³/mol. The van der Waals surface area contributed by atoms with Crippen LogP contribution in [0.1, 0.15) is 18.4 Å². The molecule has 6 heteroatoms. The Morgan fingerprint density at radius 2 is 2.50 bits per heavy atom. The van der Waals surface area contributed by atoms with E-state index in [1.165, 1.54) is 0 Å². The van der Waals surface area contributed by atoms with E-state index in [2.05, 4.69) is 15.6 Å². The van der Waals surface area contributed by atoms with Crippen molar-refractivity contribution in [1.82, 2.24) is 10.3 Å². The van der Waals surface area contributed by atoms with Crippen LogP contribution in [0.25, 0.3) is 0 Å². The molecule has 98 valence electrons. The third-order valence-corrected chi connectivity index (χ3v) is 3.24. The van der Waals surface area contributed by atoms with Gasteiger partial charge in [-0.15, -0.1) is 0 Å². The first-order chi connectivity index (χ1) is 8.65. The van der Waals surface area contributed by atoms with Crippen LogP contribution in [-0.2, 0) is 4.74 Å². The molecule has 1 unspecified atom stereocenters. The molecule has 18 heavy (non-hydrogen) atoms. The molecular formula is C12H16ClN3OS. The highest BCUT2D eigenvalue weighted by atomic mass is 35.5. The molecule has 1 saturated heterocycles. The SMILES string of the molecule is Cc1cc(Cl)cnc1NC(=S)NCC1CCCO1. The lowest BCUT2D eigenvalue weighted by Gasteiger charge is -2.14. The number of aromatic nitrogens is 1. The Labute approximate surface area is 117 Å². The maximum absolute atomic E-state index is 5.85. The lowest BCUT2D eigenvalue weighted by atomic mass is 10.2. The van der Waals surface area contributed by atoms with E-state index < -0.39 is 0 Å². The summed E-state index contributed by atoms with van der Waals surface area (Å²) in [6, 6.07) is 1.85. The molecule has 1 aliphatic rings. The number of ether oxygens (including phenoxy) is 1. The molecule has 0 radical (unpaired) electrons. The van der Waals surface area contributed by atoms with Gasteiger partial charge in [0.25, 0.3) is 0 Å². The van der Waals surface area contributed by atoms with E-state index in [-0.39, 0.29) is 6.10 Å². The lowest BCUT2D eigenvalue weighted by molar-refractivity contribution is 0.114. The number of rotatable bonds is 3. The molecule has 1 aliphatic heterocycles. The van der Waals surface area contributed by atoms with Gasteiger partial charge in [0.05, 0.1) is 11.1 Å². The molecule has 0 saturated carbocycles. The molecule has 4 nitrogen and oxygen atoms in total. The minimum absolute atomic E-state index is 0.268. The third-order valence-electron chi connectivity index (χ3n) is 2.79. The average molecular weight is 286 g/mol. The molecule has 1 aromatic heterocycles. The van der Waals surface area contributed by atoms with Gasteiger partial charge < -0.3 is 15.4 Å². The number of anilines is 1. The highest BCUT2D eigenvalue weighted by molar-refractivity contribution is 7.80. The van der Waals surface area contributed by atoms with Crippen molar-refractivity contribution in [2.24, 2.45) is 0 Å². The summed E-state index contributed by atoms with van der Waals surface area (Å²) >= 11 is 11.1. The van der Waals surface area contributed by atoms with Crippen LogP contribution in [0.5, 0.6) is 0 Å². The number of hydrogen-bond acceptors (Lipinski definition) is 3. The first-order valence-corrected chi connectivity index (χ1v) is 6.72. The summed E-state index contributed by atoms with van der Waals surface area (Å²) in [5.74, 6) is 0.726. The van der Waals surface area contributed by atoms with Crippen molar-refractivity contribution in [2.45, 2.75) is 25.9 Å². The largest absolute Gasteiger partial charge is 0.376 e. The number of nitrogens with zero attached hydrogens (tertiary/aromatic N) is 1. The molecule has 0 bridgehead atoms. The molecule has 0 aromatic carbocycles. The van der Waals surface area contributed by atoms with E-state index in [4.69, 9.17) is 28.6 Å². The van der Waals surface area contributed by atoms with E-state index in [0.29, 0.717) is 10.1 Å². The Bertz CT molecular complexity index is 435. The van der Waals surface area contributed by atoms with Gasteiger partial charge in [0.1, 0.15) is 5.82 Å². The van der Waals surface area contributed by atoms with Crippen LogP contribution in [0.15, 0.2) is 12.3 Å². The standard InChI is InChI=1S/C12H16ClN3OS/c1-8-5-9(13)6-14-11(8)16-12(18)15-7-10-3-2-4-17-10/h5-6,10H,2-4,7H2,1H3,(H2,14,15,16,18). The summed E-state index contributed by atoms with van der Waals surface area (Å²) < 4.78 is 5.51. The number of nitrogens with one attached hydrogen (secondary N) is 2. The van der Waals surface area contributed by atoms with E-state index in [1.54, 1.807) is 6.20 Å². The number of thiocarbonyl (C=S) groups is 1. The normalized spacial score (nSPS) is 18.7. The summed E-state index contributed by atoms with van der Waals surface area (Å²) in [6.45, 7) is 3.52. The Morgan fingerprint density at radius 1 is 1.67 bits per heavy atom. The quantitative estimate of drug-likeness (QED) is 0.836. The van der Waals surface area contributed by atoms with E-state index >= 15 is 0 Å². The molecule has 2 heterocycles. The van der Waals surface area contributed by atoms with Gasteiger partial charge in [-0.3, -0.25) is 0 Å². The Kier molecular flexibility index (Phi) is 4.74. The number of halogens is 1. The van der Waals surface area contributed by atoms with Crippen molar-refractivity contribution >= 4 is 34.7 Å². The van der Waals surface area contributed by atoms with Crippen LogP contribution in [0.3, 0.4) is 0 Å². The monoisotopic (exact) mass is 285 g/mol. The van der Waals surface area contributed by atoms with Crippen molar-refractivity contribution in [2.75, 3.05) is 18.5 Å². The van der Waals surface area contributed by atoms with Gasteiger partial charge in [-0.1, -0.05) is 11.6 Å². The van der Waals surface area contributed by atoms with Gasteiger partial charge in [0.2, 0.25) is 0 Å².